The summed E-state index contributed by atoms with van der Waals surface area (Å²) < 4.78 is 39.1. The van der Waals surface area contributed by atoms with Crippen molar-refractivity contribution in [1.29, 1.82) is 0 Å². The molecule has 1 heterocycles. The molecule has 0 saturated carbocycles. The number of rotatable bonds is 4. The van der Waals surface area contributed by atoms with Crippen LogP contribution in [-0.2, 0) is 23.9 Å². The highest BCUT2D eigenvalue weighted by Crippen LogP contribution is 2.28. The first-order valence-electron chi connectivity index (χ1n) is 6.40. The summed E-state index contributed by atoms with van der Waals surface area (Å²) in [5.41, 5.74) is 4.84. The summed E-state index contributed by atoms with van der Waals surface area (Å²) >= 11 is 0. The standard InChI is InChI=1S/C15H13F3N2O2/c16-15(17,18)12-5-6-14(22)20(9-12)8-11-4-2-1-3-10(11)7-13(19)21/h1-6,9H,7-8H2,(H2,19,21). The lowest BCUT2D eigenvalue weighted by molar-refractivity contribution is -0.138. The van der Waals surface area contributed by atoms with E-state index in [-0.39, 0.29) is 13.0 Å². The second-order valence-electron chi connectivity index (χ2n) is 4.79. The number of nitrogens with two attached hydrogens (primary N) is 1. The van der Waals surface area contributed by atoms with Gasteiger partial charge in [-0.2, -0.15) is 13.2 Å². The Balaban J connectivity index is 2.39. The maximum atomic E-state index is 12.7. The molecule has 1 aromatic heterocycles. The van der Waals surface area contributed by atoms with Gasteiger partial charge in [0, 0.05) is 12.3 Å². The average Bonchev–Trinajstić information content (AvgIpc) is 2.41. The summed E-state index contributed by atoms with van der Waals surface area (Å²) in [5.74, 6) is -0.552. The van der Waals surface area contributed by atoms with Crippen LogP contribution in [0.4, 0.5) is 13.2 Å². The highest BCUT2D eigenvalue weighted by Gasteiger charge is 2.31. The number of hydrogen-bond acceptors (Lipinski definition) is 2. The number of carbonyl (C=O) groups excluding carboxylic acids is 1. The molecule has 0 unspecified atom stereocenters. The molecule has 116 valence electrons. The quantitative estimate of drug-likeness (QED) is 0.938. The van der Waals surface area contributed by atoms with Gasteiger partial charge in [-0.3, -0.25) is 9.59 Å². The molecule has 2 aromatic rings. The van der Waals surface area contributed by atoms with E-state index in [2.05, 4.69) is 0 Å². The van der Waals surface area contributed by atoms with Crippen molar-refractivity contribution in [1.82, 2.24) is 4.57 Å². The molecule has 0 saturated heterocycles. The molecule has 2 rings (SSSR count). The summed E-state index contributed by atoms with van der Waals surface area (Å²) in [7, 11) is 0. The highest BCUT2D eigenvalue weighted by atomic mass is 19.4. The van der Waals surface area contributed by atoms with Gasteiger partial charge in [-0.25, -0.2) is 0 Å². The maximum Gasteiger partial charge on any atom is 0.417 e. The molecule has 1 amide bonds. The normalized spacial score (nSPS) is 11.4. The lowest BCUT2D eigenvalue weighted by Crippen LogP contribution is -2.23. The van der Waals surface area contributed by atoms with Gasteiger partial charge >= 0.3 is 6.18 Å². The van der Waals surface area contributed by atoms with Gasteiger partial charge in [0.2, 0.25) is 5.91 Å². The van der Waals surface area contributed by atoms with Gasteiger partial charge in [0.15, 0.2) is 0 Å². The fraction of sp³-hybridized carbons (Fsp3) is 0.200. The number of pyridine rings is 1. The zero-order chi connectivity index (χ0) is 16.3. The summed E-state index contributed by atoms with van der Waals surface area (Å²) in [5, 5.41) is 0. The zero-order valence-electron chi connectivity index (χ0n) is 11.4. The van der Waals surface area contributed by atoms with Gasteiger partial charge < -0.3 is 10.3 Å². The van der Waals surface area contributed by atoms with E-state index in [0.29, 0.717) is 11.1 Å². The van der Waals surface area contributed by atoms with E-state index in [1.807, 2.05) is 0 Å². The van der Waals surface area contributed by atoms with Gasteiger partial charge in [-0.05, 0) is 17.2 Å². The molecule has 4 nitrogen and oxygen atoms in total. The Kier molecular flexibility index (Phi) is 4.35. The molecule has 1 aromatic carbocycles. The fourth-order valence-electron chi connectivity index (χ4n) is 2.08. The molecule has 22 heavy (non-hydrogen) atoms. The minimum absolute atomic E-state index is 0.0378. The molecule has 2 N–H and O–H groups in total. The monoisotopic (exact) mass is 310 g/mol. The lowest BCUT2D eigenvalue weighted by Gasteiger charge is -2.13. The predicted molar refractivity (Wildman–Crippen MR) is 74.1 cm³/mol. The van der Waals surface area contributed by atoms with Crippen molar-refractivity contribution in [2.75, 3.05) is 0 Å². The van der Waals surface area contributed by atoms with Crippen molar-refractivity contribution >= 4 is 5.91 Å². The van der Waals surface area contributed by atoms with Crippen LogP contribution in [0.25, 0.3) is 0 Å². The summed E-state index contributed by atoms with van der Waals surface area (Å²) in [4.78, 5) is 22.8. The third-order valence-corrected chi connectivity index (χ3v) is 3.13. The SMILES string of the molecule is NC(=O)Cc1ccccc1Cn1cc(C(F)(F)F)ccc1=O. The molecule has 0 aliphatic heterocycles. The molecule has 0 aliphatic carbocycles. The first-order chi connectivity index (χ1) is 10.3. The number of primary amides is 1. The Morgan fingerprint density at radius 3 is 2.32 bits per heavy atom. The number of nitrogens with zero attached hydrogens (tertiary/aromatic N) is 1. The number of aromatic nitrogens is 1. The van der Waals surface area contributed by atoms with Crippen molar-refractivity contribution < 1.29 is 18.0 Å². The van der Waals surface area contributed by atoms with Crippen LogP contribution in [0, 0.1) is 0 Å². The van der Waals surface area contributed by atoms with E-state index in [0.717, 1.165) is 22.9 Å². The summed E-state index contributed by atoms with van der Waals surface area (Å²) in [6, 6.07) is 8.28. The Labute approximate surface area is 124 Å². The maximum absolute atomic E-state index is 12.7. The molecule has 0 bridgehead atoms. The number of halogens is 3. The van der Waals surface area contributed by atoms with E-state index >= 15 is 0 Å². The van der Waals surface area contributed by atoms with Crippen LogP contribution < -0.4 is 11.3 Å². The second kappa shape index (κ2) is 6.05. The Hall–Kier alpha value is -2.57. The third kappa shape index (κ3) is 3.75. The largest absolute Gasteiger partial charge is 0.417 e. The van der Waals surface area contributed by atoms with Crippen molar-refractivity contribution in [3.8, 4) is 0 Å². The van der Waals surface area contributed by atoms with Crippen molar-refractivity contribution in [2.45, 2.75) is 19.1 Å². The van der Waals surface area contributed by atoms with Crippen LogP contribution in [0.1, 0.15) is 16.7 Å². The van der Waals surface area contributed by atoms with Crippen LogP contribution in [0.15, 0.2) is 47.4 Å². The molecular weight excluding hydrogens is 297 g/mol. The van der Waals surface area contributed by atoms with Crippen LogP contribution in [0.5, 0.6) is 0 Å². The first-order valence-corrected chi connectivity index (χ1v) is 6.40. The number of amides is 1. The summed E-state index contributed by atoms with van der Waals surface area (Å²) in [6.07, 6.45) is -3.80. The zero-order valence-corrected chi connectivity index (χ0v) is 11.4. The number of hydrogen-bond donors (Lipinski definition) is 1. The van der Waals surface area contributed by atoms with E-state index in [1.165, 1.54) is 0 Å². The average molecular weight is 310 g/mol. The fourth-order valence-corrected chi connectivity index (χ4v) is 2.08. The lowest BCUT2D eigenvalue weighted by atomic mass is 10.0. The van der Waals surface area contributed by atoms with Gasteiger partial charge in [0.05, 0.1) is 18.5 Å². The topological polar surface area (TPSA) is 65.1 Å². The highest BCUT2D eigenvalue weighted by molar-refractivity contribution is 5.77. The first kappa shape index (κ1) is 15.8. The smallest absolute Gasteiger partial charge is 0.369 e. The van der Waals surface area contributed by atoms with E-state index < -0.39 is 23.2 Å². The number of carbonyl (C=O) groups is 1. The molecule has 0 spiro atoms. The molecular formula is C15H13F3N2O2. The summed E-state index contributed by atoms with van der Waals surface area (Å²) in [6.45, 7) is -0.0633. The van der Waals surface area contributed by atoms with E-state index in [9.17, 15) is 22.8 Å². The molecule has 0 atom stereocenters. The van der Waals surface area contributed by atoms with Crippen molar-refractivity contribution in [2.24, 2.45) is 5.73 Å². The molecule has 7 heteroatoms. The van der Waals surface area contributed by atoms with Crippen LogP contribution >= 0.6 is 0 Å². The molecule has 0 fully saturated rings. The van der Waals surface area contributed by atoms with Gasteiger partial charge in [0.25, 0.3) is 5.56 Å². The molecule has 0 radical (unpaired) electrons. The second-order valence-corrected chi connectivity index (χ2v) is 4.79. The van der Waals surface area contributed by atoms with E-state index in [4.69, 9.17) is 5.73 Å². The van der Waals surface area contributed by atoms with Crippen molar-refractivity contribution in [3.05, 3.63) is 69.6 Å². The predicted octanol–water partition coefficient (Wildman–Crippen LogP) is 1.94. The Morgan fingerprint density at radius 2 is 1.73 bits per heavy atom. The minimum atomic E-state index is -4.53. The Bertz CT molecular complexity index is 751. The van der Waals surface area contributed by atoms with Gasteiger partial charge in [0.1, 0.15) is 0 Å². The number of benzene rings is 1. The van der Waals surface area contributed by atoms with Gasteiger partial charge in [-0.15, -0.1) is 0 Å². The van der Waals surface area contributed by atoms with Crippen LogP contribution in [-0.4, -0.2) is 10.5 Å². The minimum Gasteiger partial charge on any atom is -0.369 e. The number of alkyl halides is 3. The Morgan fingerprint density at radius 1 is 1.09 bits per heavy atom. The molecule has 0 aliphatic rings. The van der Waals surface area contributed by atoms with Crippen LogP contribution in [0.3, 0.4) is 0 Å². The van der Waals surface area contributed by atoms with Crippen molar-refractivity contribution in [3.63, 3.8) is 0 Å². The third-order valence-electron chi connectivity index (χ3n) is 3.13. The van der Waals surface area contributed by atoms with Gasteiger partial charge in [-0.1, -0.05) is 24.3 Å². The van der Waals surface area contributed by atoms with Crippen LogP contribution in [0.2, 0.25) is 0 Å². The van der Waals surface area contributed by atoms with E-state index in [1.54, 1.807) is 24.3 Å².